The van der Waals surface area contributed by atoms with E-state index in [1.54, 1.807) is 0 Å². The first-order chi connectivity index (χ1) is 15.0. The maximum atomic E-state index is 11.7. The first kappa shape index (κ1) is 26.7. The van der Waals surface area contributed by atoms with Gasteiger partial charge in [-0.1, -0.05) is 53.7 Å². The molecule has 0 saturated heterocycles. The van der Waals surface area contributed by atoms with Gasteiger partial charge in [-0.15, -0.1) is 23.5 Å². The van der Waals surface area contributed by atoms with Gasteiger partial charge in [0.15, 0.2) is 12.6 Å². The van der Waals surface area contributed by atoms with E-state index < -0.39 is 0 Å². The summed E-state index contributed by atoms with van der Waals surface area (Å²) in [6.45, 7) is 12.2. The van der Waals surface area contributed by atoms with Crippen molar-refractivity contribution in [3.05, 3.63) is 57.6 Å². The third-order valence-electron chi connectivity index (χ3n) is 5.29. The van der Waals surface area contributed by atoms with Gasteiger partial charge in [0.25, 0.3) is 0 Å². The van der Waals surface area contributed by atoms with Gasteiger partial charge in [-0.05, 0) is 45.2 Å². The Bertz CT molecular complexity index is 890. The standard InChI is InChI=1S/C26H34O4S2/c1-25(2,3)21-9-17(13-27)23(18(10-21)14-28)31-7-8-32-24-19(15-29)11-22(26(4,5)6)12-20(24)16-30/h9-13,15,28,30H,7-8,14,16H2,1-6H3. The summed E-state index contributed by atoms with van der Waals surface area (Å²) < 4.78 is 0. The lowest BCUT2D eigenvalue weighted by Gasteiger charge is -2.23. The van der Waals surface area contributed by atoms with Crippen LogP contribution in [0.4, 0.5) is 0 Å². The van der Waals surface area contributed by atoms with E-state index in [2.05, 4.69) is 41.5 Å². The van der Waals surface area contributed by atoms with E-state index in [1.807, 2.05) is 24.3 Å². The lowest BCUT2D eigenvalue weighted by atomic mass is 9.85. The highest BCUT2D eigenvalue weighted by Gasteiger charge is 2.20. The predicted molar refractivity (Wildman–Crippen MR) is 134 cm³/mol. The van der Waals surface area contributed by atoms with Gasteiger partial charge < -0.3 is 10.2 Å². The molecule has 0 aliphatic carbocycles. The smallest absolute Gasteiger partial charge is 0.151 e. The van der Waals surface area contributed by atoms with Crippen molar-refractivity contribution in [2.75, 3.05) is 11.5 Å². The minimum Gasteiger partial charge on any atom is -0.392 e. The van der Waals surface area contributed by atoms with E-state index in [4.69, 9.17) is 0 Å². The van der Waals surface area contributed by atoms with Crippen LogP contribution in [0.1, 0.15) is 84.5 Å². The van der Waals surface area contributed by atoms with E-state index >= 15 is 0 Å². The van der Waals surface area contributed by atoms with Crippen LogP contribution in [0.25, 0.3) is 0 Å². The zero-order valence-electron chi connectivity index (χ0n) is 19.8. The normalized spacial score (nSPS) is 12.1. The third-order valence-corrected chi connectivity index (χ3v) is 7.94. The van der Waals surface area contributed by atoms with Crippen molar-refractivity contribution in [3.8, 4) is 0 Å². The van der Waals surface area contributed by atoms with Crippen LogP contribution < -0.4 is 0 Å². The molecule has 32 heavy (non-hydrogen) atoms. The van der Waals surface area contributed by atoms with E-state index in [0.717, 1.165) is 44.6 Å². The molecule has 0 fully saturated rings. The minimum absolute atomic E-state index is 0.119. The van der Waals surface area contributed by atoms with E-state index in [9.17, 15) is 19.8 Å². The molecule has 0 heterocycles. The highest BCUT2D eigenvalue weighted by Crippen LogP contribution is 2.35. The number of hydrogen-bond donors (Lipinski definition) is 2. The second kappa shape index (κ2) is 11.0. The van der Waals surface area contributed by atoms with Crippen LogP contribution in [-0.2, 0) is 24.0 Å². The molecule has 174 valence electrons. The molecule has 0 radical (unpaired) electrons. The van der Waals surface area contributed by atoms with Crippen LogP contribution in [0.5, 0.6) is 0 Å². The molecule has 2 N–H and O–H groups in total. The second-order valence-electron chi connectivity index (χ2n) is 9.86. The molecular formula is C26H34O4S2. The van der Waals surface area contributed by atoms with Crippen molar-refractivity contribution in [2.45, 2.75) is 75.4 Å². The molecule has 0 aliphatic rings. The van der Waals surface area contributed by atoms with Crippen LogP contribution in [0.15, 0.2) is 34.1 Å². The molecule has 6 heteroatoms. The van der Waals surface area contributed by atoms with E-state index in [0.29, 0.717) is 22.6 Å². The summed E-state index contributed by atoms with van der Waals surface area (Å²) in [6, 6.07) is 7.76. The van der Waals surface area contributed by atoms with Gasteiger partial charge in [0.05, 0.1) is 13.2 Å². The summed E-state index contributed by atoms with van der Waals surface area (Å²) in [4.78, 5) is 25.1. The highest BCUT2D eigenvalue weighted by atomic mass is 32.2. The van der Waals surface area contributed by atoms with E-state index in [1.165, 1.54) is 23.5 Å². The van der Waals surface area contributed by atoms with Crippen molar-refractivity contribution in [1.82, 2.24) is 0 Å². The van der Waals surface area contributed by atoms with Crippen molar-refractivity contribution in [3.63, 3.8) is 0 Å². The Morgan fingerprint density at radius 2 is 1.03 bits per heavy atom. The molecule has 0 atom stereocenters. The molecule has 0 aromatic heterocycles. The number of carbonyl (C=O) groups is 2. The fourth-order valence-corrected chi connectivity index (χ4v) is 5.58. The maximum absolute atomic E-state index is 11.7. The summed E-state index contributed by atoms with van der Waals surface area (Å²) in [5, 5.41) is 19.8. The Kier molecular flexibility index (Phi) is 9.17. The average Bonchev–Trinajstić information content (AvgIpc) is 2.74. The Morgan fingerprint density at radius 1 is 0.688 bits per heavy atom. The Labute approximate surface area is 200 Å². The van der Waals surface area contributed by atoms with Crippen LogP contribution in [0, 0.1) is 0 Å². The Hall–Kier alpha value is -1.60. The number of benzene rings is 2. The molecular weight excluding hydrogens is 440 g/mol. The largest absolute Gasteiger partial charge is 0.392 e. The van der Waals surface area contributed by atoms with Gasteiger partial charge in [0.2, 0.25) is 0 Å². The SMILES string of the molecule is CC(C)(C)c1cc(C=O)c(SCCSc2c(C=O)cc(C(C)(C)C)cc2CO)c(CO)c1. The first-order valence-electron chi connectivity index (χ1n) is 10.7. The van der Waals surface area contributed by atoms with Crippen LogP contribution in [0.2, 0.25) is 0 Å². The molecule has 4 nitrogen and oxygen atoms in total. The number of aldehydes is 2. The van der Waals surface area contributed by atoms with Crippen LogP contribution >= 0.6 is 23.5 Å². The molecule has 0 bridgehead atoms. The lowest BCUT2D eigenvalue weighted by molar-refractivity contribution is 0.111. The molecule has 0 spiro atoms. The summed E-state index contributed by atoms with van der Waals surface area (Å²) >= 11 is 3.07. The quantitative estimate of drug-likeness (QED) is 0.273. The molecule has 2 aromatic rings. The fourth-order valence-electron chi connectivity index (χ4n) is 3.34. The third kappa shape index (κ3) is 6.47. The number of thioether (sulfide) groups is 2. The van der Waals surface area contributed by atoms with Gasteiger partial charge in [-0.25, -0.2) is 0 Å². The summed E-state index contributed by atoms with van der Waals surface area (Å²) in [7, 11) is 0. The van der Waals surface area contributed by atoms with Crippen molar-refractivity contribution in [2.24, 2.45) is 0 Å². The molecule has 0 aliphatic heterocycles. The lowest BCUT2D eigenvalue weighted by Crippen LogP contribution is -2.13. The van der Waals surface area contributed by atoms with Crippen molar-refractivity contribution in [1.29, 1.82) is 0 Å². The number of aliphatic hydroxyl groups is 2. The van der Waals surface area contributed by atoms with Gasteiger partial charge in [-0.3, -0.25) is 9.59 Å². The number of rotatable bonds is 9. The van der Waals surface area contributed by atoms with Gasteiger partial charge in [0.1, 0.15) is 0 Å². The summed E-state index contributed by atoms with van der Waals surface area (Å²) in [5.74, 6) is 1.38. The average molecular weight is 475 g/mol. The first-order valence-corrected chi connectivity index (χ1v) is 12.7. The zero-order chi connectivity index (χ0) is 24.1. The zero-order valence-corrected chi connectivity index (χ0v) is 21.5. The second-order valence-corrected chi connectivity index (χ2v) is 12.1. The fraction of sp³-hybridized carbons (Fsp3) is 0.462. The van der Waals surface area contributed by atoms with Crippen molar-refractivity contribution >= 4 is 36.1 Å². The minimum atomic E-state index is -0.127. The topological polar surface area (TPSA) is 74.6 Å². The van der Waals surface area contributed by atoms with Crippen LogP contribution in [0.3, 0.4) is 0 Å². The van der Waals surface area contributed by atoms with Crippen LogP contribution in [-0.4, -0.2) is 34.3 Å². The Balaban J connectivity index is 2.22. The predicted octanol–water partition coefficient (Wildman–Crippen LogP) is 5.78. The maximum Gasteiger partial charge on any atom is 0.151 e. The van der Waals surface area contributed by atoms with E-state index in [-0.39, 0.29) is 24.0 Å². The van der Waals surface area contributed by atoms with Gasteiger partial charge in [-0.2, -0.15) is 0 Å². The van der Waals surface area contributed by atoms with Gasteiger partial charge >= 0.3 is 0 Å². The molecule has 2 rings (SSSR count). The summed E-state index contributed by atoms with van der Waals surface area (Å²) in [6.07, 6.45) is 1.70. The molecule has 0 unspecified atom stereocenters. The monoisotopic (exact) mass is 474 g/mol. The number of aliphatic hydroxyl groups excluding tert-OH is 2. The highest BCUT2D eigenvalue weighted by molar-refractivity contribution is 8.03. The Morgan fingerprint density at radius 3 is 1.28 bits per heavy atom. The molecule has 2 aromatic carbocycles. The molecule has 0 amide bonds. The number of carbonyl (C=O) groups excluding carboxylic acids is 2. The van der Waals surface area contributed by atoms with Gasteiger partial charge in [0, 0.05) is 32.4 Å². The number of hydrogen-bond acceptors (Lipinski definition) is 6. The van der Waals surface area contributed by atoms with Crippen molar-refractivity contribution < 1.29 is 19.8 Å². The molecule has 0 saturated carbocycles. The summed E-state index contributed by atoms with van der Waals surface area (Å²) in [5.41, 5.74) is 4.50.